The summed E-state index contributed by atoms with van der Waals surface area (Å²) in [6.07, 6.45) is -4.14. The lowest BCUT2D eigenvalue weighted by Crippen LogP contribution is -2.58. The lowest BCUT2D eigenvalue weighted by atomic mass is 9.48. The Labute approximate surface area is 186 Å². The SMILES string of the molecule is O=C(COC(=O)C(F)(F)C(F)(F)C(=O)O)OC1C2CC3CC1CC(C(=O)OCC(F)(F)F)(C3)C2. The van der Waals surface area contributed by atoms with E-state index in [0.717, 1.165) is 0 Å². The Morgan fingerprint density at radius 3 is 1.91 bits per heavy atom. The summed E-state index contributed by atoms with van der Waals surface area (Å²) in [5, 5.41) is 8.15. The van der Waals surface area contributed by atoms with E-state index in [0.29, 0.717) is 19.3 Å². The fourth-order valence-electron chi connectivity index (χ4n) is 5.38. The molecule has 2 unspecified atom stereocenters. The molecule has 0 amide bonds. The van der Waals surface area contributed by atoms with Crippen LogP contribution in [0.25, 0.3) is 0 Å². The number of carboxylic acid groups (broad SMARTS) is 1. The number of carbonyl (C=O) groups excluding carboxylic acids is 3. The second-order valence-corrected chi connectivity index (χ2v) is 8.93. The number of esters is 3. The Kier molecular flexibility index (Phi) is 6.54. The van der Waals surface area contributed by atoms with Gasteiger partial charge in [-0.3, -0.25) is 4.79 Å². The van der Waals surface area contributed by atoms with Crippen LogP contribution in [-0.2, 0) is 33.4 Å². The standard InChI is InChI=1S/C19H19F7O8/c20-17(21,22)7-33-14(30)16-3-8-1-9(4-16)12(10(2-8)5-16)34-11(27)6-32-15(31)19(25,26)18(23,24)13(28)29/h8-10,12H,1-7H2,(H,28,29). The van der Waals surface area contributed by atoms with E-state index in [1.54, 1.807) is 0 Å². The molecule has 0 radical (unpaired) electrons. The van der Waals surface area contributed by atoms with Crippen molar-refractivity contribution in [2.24, 2.45) is 23.2 Å². The lowest BCUT2D eigenvalue weighted by molar-refractivity contribution is -0.235. The Hall–Kier alpha value is -2.61. The van der Waals surface area contributed by atoms with Crippen LogP contribution >= 0.6 is 0 Å². The van der Waals surface area contributed by atoms with E-state index >= 15 is 0 Å². The third-order valence-corrected chi connectivity index (χ3v) is 6.49. The molecule has 4 fully saturated rings. The maximum Gasteiger partial charge on any atom is 0.422 e. The summed E-state index contributed by atoms with van der Waals surface area (Å²) >= 11 is 0. The molecule has 0 heterocycles. The Morgan fingerprint density at radius 1 is 0.853 bits per heavy atom. The van der Waals surface area contributed by atoms with Gasteiger partial charge in [0.05, 0.1) is 5.41 Å². The van der Waals surface area contributed by atoms with Crippen molar-refractivity contribution in [2.75, 3.05) is 13.2 Å². The molecule has 0 aliphatic heterocycles. The maximum atomic E-state index is 13.4. The summed E-state index contributed by atoms with van der Waals surface area (Å²) in [4.78, 5) is 45.9. The van der Waals surface area contributed by atoms with E-state index < -0.39 is 78.5 Å². The molecule has 15 heteroatoms. The first kappa shape index (κ1) is 26.0. The predicted molar refractivity (Wildman–Crippen MR) is 91.4 cm³/mol. The summed E-state index contributed by atoms with van der Waals surface area (Å²) in [6, 6.07) is 0. The van der Waals surface area contributed by atoms with Crippen LogP contribution in [0, 0.1) is 23.2 Å². The zero-order valence-corrected chi connectivity index (χ0v) is 17.2. The molecule has 0 spiro atoms. The lowest BCUT2D eigenvalue weighted by Gasteiger charge is -2.57. The molecule has 0 saturated heterocycles. The third-order valence-electron chi connectivity index (χ3n) is 6.49. The van der Waals surface area contributed by atoms with Gasteiger partial charge in [0.2, 0.25) is 0 Å². The summed E-state index contributed by atoms with van der Waals surface area (Å²) in [5.74, 6) is -21.0. The minimum atomic E-state index is -5.77. The average Bonchev–Trinajstić information content (AvgIpc) is 2.71. The molecule has 2 atom stereocenters. The van der Waals surface area contributed by atoms with Crippen LogP contribution in [0.4, 0.5) is 30.7 Å². The fourth-order valence-corrected chi connectivity index (χ4v) is 5.38. The molecule has 0 aromatic heterocycles. The molecule has 0 aromatic rings. The molecule has 192 valence electrons. The van der Waals surface area contributed by atoms with Crippen molar-refractivity contribution < 1.29 is 69.2 Å². The third kappa shape index (κ3) is 4.78. The highest BCUT2D eigenvalue weighted by Gasteiger charge is 2.69. The normalized spacial score (nSPS) is 30.6. The number of hydrogen-bond donors (Lipinski definition) is 1. The van der Waals surface area contributed by atoms with Crippen LogP contribution in [0.15, 0.2) is 0 Å². The first-order valence-corrected chi connectivity index (χ1v) is 10.1. The van der Waals surface area contributed by atoms with Gasteiger partial charge < -0.3 is 19.3 Å². The molecule has 34 heavy (non-hydrogen) atoms. The average molecular weight is 508 g/mol. The predicted octanol–water partition coefficient (Wildman–Crippen LogP) is 2.73. The van der Waals surface area contributed by atoms with E-state index in [1.165, 1.54) is 0 Å². The van der Waals surface area contributed by atoms with Gasteiger partial charge in [0.1, 0.15) is 6.10 Å². The zero-order valence-electron chi connectivity index (χ0n) is 17.2. The number of hydrogen-bond acceptors (Lipinski definition) is 7. The smallest absolute Gasteiger partial charge is 0.422 e. The van der Waals surface area contributed by atoms with Gasteiger partial charge in [-0.05, 0) is 49.9 Å². The summed E-state index contributed by atoms with van der Waals surface area (Å²) in [7, 11) is 0. The van der Waals surface area contributed by atoms with Gasteiger partial charge in [-0.15, -0.1) is 0 Å². The minimum absolute atomic E-state index is 0.0272. The molecule has 4 aliphatic carbocycles. The number of halogens is 7. The van der Waals surface area contributed by atoms with Crippen molar-refractivity contribution in [3.8, 4) is 0 Å². The van der Waals surface area contributed by atoms with Gasteiger partial charge >= 0.3 is 41.9 Å². The first-order chi connectivity index (χ1) is 15.5. The van der Waals surface area contributed by atoms with E-state index in [2.05, 4.69) is 9.47 Å². The second kappa shape index (κ2) is 8.56. The monoisotopic (exact) mass is 508 g/mol. The van der Waals surface area contributed by atoms with Crippen molar-refractivity contribution in [3.63, 3.8) is 0 Å². The Morgan fingerprint density at radius 2 is 1.41 bits per heavy atom. The van der Waals surface area contributed by atoms with Gasteiger partial charge in [-0.2, -0.15) is 30.7 Å². The van der Waals surface area contributed by atoms with Crippen molar-refractivity contribution in [1.29, 1.82) is 0 Å². The van der Waals surface area contributed by atoms with Crippen LogP contribution in [0.1, 0.15) is 32.1 Å². The Bertz CT molecular complexity index is 855. The number of aliphatic carboxylic acids is 1. The highest BCUT2D eigenvalue weighted by atomic mass is 19.4. The van der Waals surface area contributed by atoms with E-state index in [1.807, 2.05) is 0 Å². The number of carbonyl (C=O) groups is 4. The largest absolute Gasteiger partial charge is 0.477 e. The van der Waals surface area contributed by atoms with Crippen LogP contribution in [-0.4, -0.2) is 66.3 Å². The summed E-state index contributed by atoms with van der Waals surface area (Å²) in [5.41, 5.74) is -1.17. The molecule has 4 bridgehead atoms. The van der Waals surface area contributed by atoms with Crippen LogP contribution < -0.4 is 0 Å². The van der Waals surface area contributed by atoms with Crippen LogP contribution in [0.5, 0.6) is 0 Å². The summed E-state index contributed by atoms with van der Waals surface area (Å²) < 4.78 is 103. The Balaban J connectivity index is 1.58. The first-order valence-electron chi connectivity index (χ1n) is 10.1. The van der Waals surface area contributed by atoms with Gasteiger partial charge in [-0.1, -0.05) is 0 Å². The van der Waals surface area contributed by atoms with Crippen molar-refractivity contribution in [1.82, 2.24) is 0 Å². The zero-order chi connectivity index (χ0) is 25.7. The number of alkyl halides is 7. The van der Waals surface area contributed by atoms with Crippen LogP contribution in [0.2, 0.25) is 0 Å². The van der Waals surface area contributed by atoms with Gasteiger partial charge in [0, 0.05) is 0 Å². The van der Waals surface area contributed by atoms with Crippen molar-refractivity contribution in [3.05, 3.63) is 0 Å². The number of rotatable bonds is 8. The van der Waals surface area contributed by atoms with Gasteiger partial charge in [-0.25, -0.2) is 14.4 Å². The second-order valence-electron chi connectivity index (χ2n) is 8.93. The molecule has 0 aromatic carbocycles. The minimum Gasteiger partial charge on any atom is -0.477 e. The fraction of sp³-hybridized carbons (Fsp3) is 0.789. The maximum absolute atomic E-state index is 13.4. The van der Waals surface area contributed by atoms with Crippen molar-refractivity contribution in [2.45, 2.75) is 56.2 Å². The number of carboxylic acids is 1. The molecule has 1 N–H and O–H groups in total. The van der Waals surface area contributed by atoms with Gasteiger partial charge in [0.15, 0.2) is 13.2 Å². The molecular weight excluding hydrogens is 489 g/mol. The van der Waals surface area contributed by atoms with Crippen LogP contribution in [0.3, 0.4) is 0 Å². The quantitative estimate of drug-likeness (QED) is 0.302. The van der Waals surface area contributed by atoms with E-state index in [4.69, 9.17) is 9.84 Å². The van der Waals surface area contributed by atoms with E-state index in [9.17, 15) is 49.9 Å². The molecule has 4 rings (SSSR count). The summed E-state index contributed by atoms with van der Waals surface area (Å²) in [6.45, 7) is -3.23. The topological polar surface area (TPSA) is 116 Å². The highest BCUT2D eigenvalue weighted by molar-refractivity contribution is 5.90. The molecule has 8 nitrogen and oxygen atoms in total. The van der Waals surface area contributed by atoms with Crippen molar-refractivity contribution >= 4 is 23.9 Å². The molecule has 4 saturated carbocycles. The molecule has 4 aliphatic rings. The van der Waals surface area contributed by atoms with E-state index in [-0.39, 0.29) is 18.8 Å². The van der Waals surface area contributed by atoms with Gasteiger partial charge in [0.25, 0.3) is 0 Å². The molecular formula is C19H19F7O8. The number of ether oxygens (including phenoxy) is 3. The highest BCUT2D eigenvalue weighted by Crippen LogP contribution is 2.61.